The van der Waals surface area contributed by atoms with Crippen molar-refractivity contribution in [2.45, 2.75) is 6.04 Å². The van der Waals surface area contributed by atoms with E-state index in [1.807, 2.05) is 0 Å². The Morgan fingerprint density at radius 1 is 1.30 bits per heavy atom. The summed E-state index contributed by atoms with van der Waals surface area (Å²) in [6.07, 6.45) is 4.98. The van der Waals surface area contributed by atoms with Crippen molar-refractivity contribution in [3.63, 3.8) is 0 Å². The van der Waals surface area contributed by atoms with E-state index in [2.05, 4.69) is 4.99 Å². The van der Waals surface area contributed by atoms with Crippen LogP contribution in [-0.4, -0.2) is 23.8 Å². The van der Waals surface area contributed by atoms with Gasteiger partial charge < -0.3 is 0 Å². The highest BCUT2D eigenvalue weighted by molar-refractivity contribution is 6.48. The molecule has 0 aromatic rings. The van der Waals surface area contributed by atoms with Gasteiger partial charge >= 0.3 is 0 Å². The van der Waals surface area contributed by atoms with Crippen molar-refractivity contribution in [1.82, 2.24) is 0 Å². The second-order valence-corrected chi connectivity index (χ2v) is 2.38. The molecule has 1 fully saturated rings. The second-order valence-electron chi connectivity index (χ2n) is 2.38. The first kappa shape index (κ1) is 5.53. The maximum atomic E-state index is 10.7. The Morgan fingerprint density at radius 3 is 2.80 bits per heavy atom. The van der Waals surface area contributed by atoms with Gasteiger partial charge in [0.1, 0.15) is 6.04 Å². The Balaban J connectivity index is 2.32. The normalized spacial score (nSPS) is 35.6. The minimum Gasteiger partial charge on any atom is -0.290 e. The first-order chi connectivity index (χ1) is 4.80. The van der Waals surface area contributed by atoms with Gasteiger partial charge in [0.05, 0.1) is 5.92 Å². The van der Waals surface area contributed by atoms with Crippen molar-refractivity contribution in [2.75, 3.05) is 0 Å². The third kappa shape index (κ3) is 0.472. The second kappa shape index (κ2) is 1.62. The molecule has 0 saturated heterocycles. The van der Waals surface area contributed by atoms with E-state index in [0.717, 1.165) is 0 Å². The van der Waals surface area contributed by atoms with E-state index >= 15 is 0 Å². The molecule has 2 unspecified atom stereocenters. The topological polar surface area (TPSA) is 46.5 Å². The zero-order chi connectivity index (χ0) is 7.14. The van der Waals surface area contributed by atoms with E-state index in [0.29, 0.717) is 0 Å². The van der Waals surface area contributed by atoms with Gasteiger partial charge in [0.15, 0.2) is 0 Å². The van der Waals surface area contributed by atoms with Gasteiger partial charge in [0.25, 0.3) is 0 Å². The Labute approximate surface area is 57.4 Å². The maximum absolute atomic E-state index is 10.7. The predicted molar refractivity (Wildman–Crippen MR) is 34.9 cm³/mol. The summed E-state index contributed by atoms with van der Waals surface area (Å²) in [4.78, 5) is 25.3. The lowest BCUT2D eigenvalue weighted by Gasteiger charge is -2.28. The fourth-order valence-corrected chi connectivity index (χ4v) is 1.19. The number of allylic oxidation sites excluding steroid dienone is 1. The van der Waals surface area contributed by atoms with Crippen LogP contribution in [0.2, 0.25) is 0 Å². The largest absolute Gasteiger partial charge is 0.290 e. The fraction of sp³-hybridized carbons (Fsp3) is 0.286. The third-order valence-corrected chi connectivity index (χ3v) is 1.81. The average Bonchev–Trinajstić information content (AvgIpc) is 2.03. The molecular weight excluding hydrogens is 130 g/mol. The summed E-state index contributed by atoms with van der Waals surface area (Å²) in [5.41, 5.74) is 0. The molecule has 3 heteroatoms. The minimum absolute atomic E-state index is 0.238. The zero-order valence-electron chi connectivity index (χ0n) is 5.15. The molecule has 1 aliphatic heterocycles. The molecule has 0 aromatic heterocycles. The highest BCUT2D eigenvalue weighted by Gasteiger charge is 2.47. The average molecular weight is 135 g/mol. The number of Topliss-reactive ketones (excluding diaryl/α,β-unsaturated/α-hetero) is 2. The number of aliphatic imine (C=N–C) groups is 1. The number of carbonyl (C=O) groups excluding carboxylic acids is 2. The molecule has 0 bridgehead atoms. The molecule has 50 valence electrons. The molecule has 3 nitrogen and oxygen atoms in total. The van der Waals surface area contributed by atoms with E-state index in [1.54, 1.807) is 18.4 Å². The number of ketones is 2. The van der Waals surface area contributed by atoms with Crippen LogP contribution in [0.25, 0.3) is 0 Å². The molecule has 2 rings (SSSR count). The SMILES string of the molecule is O=C1C(=O)C2N=CC=CC12. The van der Waals surface area contributed by atoms with Crippen LogP contribution in [0.3, 0.4) is 0 Å². The van der Waals surface area contributed by atoms with Gasteiger partial charge in [-0.1, -0.05) is 6.08 Å². The van der Waals surface area contributed by atoms with Crippen LogP contribution in [-0.2, 0) is 9.59 Å². The van der Waals surface area contributed by atoms with Gasteiger partial charge in [-0.15, -0.1) is 0 Å². The van der Waals surface area contributed by atoms with Crippen LogP contribution in [0.15, 0.2) is 17.1 Å². The molecule has 0 radical (unpaired) electrons. The van der Waals surface area contributed by atoms with Crippen molar-refractivity contribution >= 4 is 17.8 Å². The Bertz CT molecular complexity index is 237. The number of rotatable bonds is 0. The summed E-state index contributed by atoms with van der Waals surface area (Å²) in [7, 11) is 0. The van der Waals surface area contributed by atoms with Gasteiger partial charge in [-0.05, 0) is 6.08 Å². The molecule has 2 aliphatic rings. The third-order valence-electron chi connectivity index (χ3n) is 1.81. The lowest BCUT2D eigenvalue weighted by atomic mass is 9.76. The molecule has 2 atom stereocenters. The van der Waals surface area contributed by atoms with Crippen LogP contribution in [0, 0.1) is 5.92 Å². The quantitative estimate of drug-likeness (QED) is 0.430. The van der Waals surface area contributed by atoms with Crippen LogP contribution in [0.5, 0.6) is 0 Å². The summed E-state index contributed by atoms with van der Waals surface area (Å²) in [5, 5.41) is 0. The highest BCUT2D eigenvalue weighted by Crippen LogP contribution is 2.25. The highest BCUT2D eigenvalue weighted by atomic mass is 16.2. The summed E-state index contributed by atoms with van der Waals surface area (Å²) in [6, 6.07) is -0.377. The molecule has 10 heavy (non-hydrogen) atoms. The Hall–Kier alpha value is -1.25. The minimum atomic E-state index is -0.377. The summed E-state index contributed by atoms with van der Waals surface area (Å²) >= 11 is 0. The van der Waals surface area contributed by atoms with Crippen LogP contribution in [0.1, 0.15) is 0 Å². The predicted octanol–water partition coefficient (Wildman–Crippen LogP) is -0.236. The Morgan fingerprint density at radius 2 is 2.10 bits per heavy atom. The molecule has 0 aromatic carbocycles. The van der Waals surface area contributed by atoms with E-state index in [1.165, 1.54) is 0 Å². The number of dihydropyridines is 1. The summed E-state index contributed by atoms with van der Waals surface area (Å²) in [5.74, 6) is -0.874. The number of carbonyl (C=O) groups is 2. The fourth-order valence-electron chi connectivity index (χ4n) is 1.19. The number of nitrogens with zero attached hydrogens (tertiary/aromatic N) is 1. The maximum Gasteiger partial charge on any atom is 0.224 e. The lowest BCUT2D eigenvalue weighted by molar-refractivity contribution is -0.146. The smallest absolute Gasteiger partial charge is 0.224 e. The van der Waals surface area contributed by atoms with Crippen molar-refractivity contribution in [2.24, 2.45) is 10.9 Å². The van der Waals surface area contributed by atoms with Crippen molar-refractivity contribution in [1.29, 1.82) is 0 Å². The monoisotopic (exact) mass is 135 g/mol. The van der Waals surface area contributed by atoms with Crippen LogP contribution >= 0.6 is 0 Å². The van der Waals surface area contributed by atoms with Crippen LogP contribution < -0.4 is 0 Å². The van der Waals surface area contributed by atoms with E-state index in [-0.39, 0.29) is 23.5 Å². The van der Waals surface area contributed by atoms with Gasteiger partial charge in [-0.2, -0.15) is 0 Å². The van der Waals surface area contributed by atoms with Gasteiger partial charge in [0, 0.05) is 6.21 Å². The van der Waals surface area contributed by atoms with Gasteiger partial charge in [0.2, 0.25) is 11.6 Å². The van der Waals surface area contributed by atoms with Crippen molar-refractivity contribution in [3.05, 3.63) is 12.2 Å². The van der Waals surface area contributed by atoms with Crippen molar-refractivity contribution in [3.8, 4) is 0 Å². The zero-order valence-corrected chi connectivity index (χ0v) is 5.15. The van der Waals surface area contributed by atoms with E-state index in [9.17, 15) is 9.59 Å². The number of hydrogen-bond donors (Lipinski definition) is 0. The van der Waals surface area contributed by atoms with Crippen molar-refractivity contribution < 1.29 is 9.59 Å². The molecule has 1 saturated carbocycles. The van der Waals surface area contributed by atoms with Crippen LogP contribution in [0.4, 0.5) is 0 Å². The molecule has 1 heterocycles. The van der Waals surface area contributed by atoms with E-state index in [4.69, 9.17) is 0 Å². The molecule has 1 aliphatic carbocycles. The number of hydrogen-bond acceptors (Lipinski definition) is 3. The first-order valence-electron chi connectivity index (χ1n) is 3.09. The summed E-state index contributed by atoms with van der Waals surface area (Å²) in [6.45, 7) is 0. The molecule has 0 amide bonds. The molecular formula is C7H5NO2. The van der Waals surface area contributed by atoms with Gasteiger partial charge in [-0.3, -0.25) is 14.6 Å². The first-order valence-corrected chi connectivity index (χ1v) is 3.09. The summed E-state index contributed by atoms with van der Waals surface area (Å²) < 4.78 is 0. The Kier molecular flexibility index (Phi) is 0.897. The molecule has 0 spiro atoms. The van der Waals surface area contributed by atoms with Gasteiger partial charge in [-0.25, -0.2) is 0 Å². The molecule has 0 N–H and O–H groups in total. The standard InChI is InChI=1S/C7H5NO2/c9-6-4-2-1-3-8-5(4)7(6)10/h1-5H. The lowest BCUT2D eigenvalue weighted by Crippen LogP contribution is -2.51. The van der Waals surface area contributed by atoms with E-state index < -0.39 is 0 Å². The number of fused-ring (bicyclic) bond motifs is 1.